The van der Waals surface area contributed by atoms with Crippen molar-refractivity contribution < 1.29 is 29.0 Å². The van der Waals surface area contributed by atoms with E-state index in [4.69, 9.17) is 20.8 Å². The second-order valence-corrected chi connectivity index (χ2v) is 8.65. The maximum atomic E-state index is 13.8. The summed E-state index contributed by atoms with van der Waals surface area (Å²) >= 11 is 6.15. The molecule has 1 atom stereocenters. The molecule has 0 bridgehead atoms. The molecular formula is C27H20ClNO6. The van der Waals surface area contributed by atoms with E-state index in [0.29, 0.717) is 27.3 Å². The van der Waals surface area contributed by atoms with Gasteiger partial charge in [0.05, 0.1) is 24.4 Å². The largest absolute Gasteiger partial charge is 0.506 e. The van der Waals surface area contributed by atoms with Crippen molar-refractivity contribution in [3.63, 3.8) is 0 Å². The Morgan fingerprint density at radius 3 is 2.54 bits per heavy atom. The predicted molar refractivity (Wildman–Crippen MR) is 131 cm³/mol. The van der Waals surface area contributed by atoms with Crippen LogP contribution in [0.4, 0.5) is 5.69 Å². The summed E-state index contributed by atoms with van der Waals surface area (Å²) in [4.78, 5) is 28.3. The fourth-order valence-corrected chi connectivity index (χ4v) is 4.61. The predicted octanol–water partition coefficient (Wildman–Crippen LogP) is 5.89. The van der Waals surface area contributed by atoms with Crippen molar-refractivity contribution in [3.8, 4) is 11.5 Å². The molecular weight excluding hydrogens is 470 g/mol. The zero-order valence-corrected chi connectivity index (χ0v) is 19.5. The first kappa shape index (κ1) is 22.6. The van der Waals surface area contributed by atoms with E-state index in [9.17, 15) is 19.8 Å². The molecule has 2 N–H and O–H groups in total. The van der Waals surface area contributed by atoms with Crippen molar-refractivity contribution in [3.05, 3.63) is 100.0 Å². The van der Waals surface area contributed by atoms with Crippen LogP contribution in [0.3, 0.4) is 0 Å². The minimum atomic E-state index is -0.998. The number of furan rings is 1. The minimum Gasteiger partial charge on any atom is -0.506 e. The molecule has 4 aromatic rings. The standard InChI is InChI=1S/C27H20ClNO6/c1-14-6-5-7-15(10-14)23-22(25(32)27(33)29(23)18-8-3-4-9-19(18)30)24(31)20-12-16-11-17(28)13-21(34-2)26(16)35-20/h3-13,23,30,32H,1-2H3. The molecule has 7 nitrogen and oxygen atoms in total. The molecule has 1 aliphatic rings. The molecule has 0 aliphatic carbocycles. The normalized spacial score (nSPS) is 15.8. The summed E-state index contributed by atoms with van der Waals surface area (Å²) in [6.45, 7) is 1.88. The number of benzene rings is 3. The second-order valence-electron chi connectivity index (χ2n) is 8.21. The number of carbonyl (C=O) groups is 2. The molecule has 3 aromatic carbocycles. The van der Waals surface area contributed by atoms with Gasteiger partial charge in [0.15, 0.2) is 22.9 Å². The molecule has 1 unspecified atom stereocenters. The van der Waals surface area contributed by atoms with Gasteiger partial charge < -0.3 is 19.4 Å². The van der Waals surface area contributed by atoms with Gasteiger partial charge in [-0.3, -0.25) is 14.5 Å². The molecule has 176 valence electrons. The van der Waals surface area contributed by atoms with E-state index in [0.717, 1.165) is 5.56 Å². The van der Waals surface area contributed by atoms with Crippen LogP contribution in [0.1, 0.15) is 27.7 Å². The number of halogens is 1. The van der Waals surface area contributed by atoms with Crippen molar-refractivity contribution >= 4 is 39.9 Å². The molecule has 5 rings (SSSR count). The lowest BCUT2D eigenvalue weighted by molar-refractivity contribution is -0.117. The van der Waals surface area contributed by atoms with E-state index in [1.165, 1.54) is 24.1 Å². The van der Waals surface area contributed by atoms with E-state index < -0.39 is 23.5 Å². The van der Waals surface area contributed by atoms with Crippen LogP contribution in [0.15, 0.2) is 82.5 Å². The second kappa shape index (κ2) is 8.52. The van der Waals surface area contributed by atoms with Crippen LogP contribution in [-0.4, -0.2) is 29.0 Å². The van der Waals surface area contributed by atoms with E-state index in [1.807, 2.05) is 19.1 Å². The first-order valence-electron chi connectivity index (χ1n) is 10.7. The number of methoxy groups -OCH3 is 1. The molecule has 0 radical (unpaired) electrons. The third-order valence-corrected chi connectivity index (χ3v) is 6.16. The number of para-hydroxylation sites is 2. The highest BCUT2D eigenvalue weighted by Crippen LogP contribution is 2.45. The Balaban J connectivity index is 1.69. The van der Waals surface area contributed by atoms with Gasteiger partial charge in [-0.1, -0.05) is 53.6 Å². The number of aliphatic hydroxyl groups excluding tert-OH is 1. The SMILES string of the molecule is COc1cc(Cl)cc2cc(C(=O)C3=C(O)C(=O)N(c4ccccc4O)C3c3cccc(C)c3)oc12. The van der Waals surface area contributed by atoms with Gasteiger partial charge in [-0.25, -0.2) is 0 Å². The molecule has 0 saturated carbocycles. The number of carbonyl (C=O) groups excluding carboxylic acids is 2. The fourth-order valence-electron chi connectivity index (χ4n) is 4.39. The Morgan fingerprint density at radius 2 is 1.83 bits per heavy atom. The van der Waals surface area contributed by atoms with E-state index in [1.54, 1.807) is 42.5 Å². The van der Waals surface area contributed by atoms with Crippen molar-refractivity contribution in [1.82, 2.24) is 0 Å². The van der Waals surface area contributed by atoms with Crippen molar-refractivity contribution in [2.24, 2.45) is 0 Å². The molecule has 1 aliphatic heterocycles. The van der Waals surface area contributed by atoms with Crippen LogP contribution in [0.2, 0.25) is 5.02 Å². The summed E-state index contributed by atoms with van der Waals surface area (Å²) in [7, 11) is 1.46. The molecule has 0 fully saturated rings. The topological polar surface area (TPSA) is 100 Å². The number of phenols is 1. The number of aryl methyl sites for hydroxylation is 1. The van der Waals surface area contributed by atoms with Crippen LogP contribution in [0.5, 0.6) is 11.5 Å². The summed E-state index contributed by atoms with van der Waals surface area (Å²) in [5.41, 5.74) is 1.80. The monoisotopic (exact) mass is 489 g/mol. The number of hydrogen-bond acceptors (Lipinski definition) is 6. The van der Waals surface area contributed by atoms with Crippen LogP contribution in [0, 0.1) is 6.92 Å². The molecule has 1 aromatic heterocycles. The van der Waals surface area contributed by atoms with Crippen LogP contribution in [-0.2, 0) is 4.79 Å². The van der Waals surface area contributed by atoms with Crippen LogP contribution in [0.25, 0.3) is 11.0 Å². The van der Waals surface area contributed by atoms with E-state index >= 15 is 0 Å². The van der Waals surface area contributed by atoms with Gasteiger partial charge in [0.2, 0.25) is 5.78 Å². The number of aliphatic hydroxyl groups is 1. The third kappa shape index (κ3) is 3.70. The average Bonchev–Trinajstić information content (AvgIpc) is 3.37. The maximum Gasteiger partial charge on any atom is 0.294 e. The van der Waals surface area contributed by atoms with Crippen molar-refractivity contribution in [2.75, 3.05) is 12.0 Å². The Kier molecular flexibility index (Phi) is 5.49. The summed E-state index contributed by atoms with van der Waals surface area (Å²) < 4.78 is 11.1. The van der Waals surface area contributed by atoms with Gasteiger partial charge in [-0.05, 0) is 36.8 Å². The molecule has 0 spiro atoms. The van der Waals surface area contributed by atoms with Crippen LogP contribution >= 0.6 is 11.6 Å². The molecule has 2 heterocycles. The van der Waals surface area contributed by atoms with Gasteiger partial charge >= 0.3 is 0 Å². The van der Waals surface area contributed by atoms with Gasteiger partial charge in [0.1, 0.15) is 5.75 Å². The number of aromatic hydroxyl groups is 1. The molecule has 35 heavy (non-hydrogen) atoms. The Hall–Kier alpha value is -4.23. The quantitative estimate of drug-likeness (QED) is 0.339. The molecule has 0 saturated heterocycles. The first-order valence-corrected chi connectivity index (χ1v) is 11.1. The highest BCUT2D eigenvalue weighted by atomic mass is 35.5. The summed E-state index contributed by atoms with van der Waals surface area (Å²) in [5, 5.41) is 22.4. The average molecular weight is 490 g/mol. The number of phenolic OH excluding ortho intramolecular Hbond substituents is 1. The smallest absolute Gasteiger partial charge is 0.294 e. The third-order valence-electron chi connectivity index (χ3n) is 5.94. The van der Waals surface area contributed by atoms with Gasteiger partial charge in [0.25, 0.3) is 5.91 Å². The Morgan fingerprint density at radius 1 is 1.06 bits per heavy atom. The summed E-state index contributed by atoms with van der Waals surface area (Å²) in [6.07, 6.45) is 0. The lowest BCUT2D eigenvalue weighted by atomic mass is 9.93. The molecule has 1 amide bonds. The summed E-state index contributed by atoms with van der Waals surface area (Å²) in [6, 6.07) is 17.2. The zero-order valence-electron chi connectivity index (χ0n) is 18.8. The summed E-state index contributed by atoms with van der Waals surface area (Å²) in [5.74, 6) is -2.10. The fraction of sp³-hybridized carbons (Fsp3) is 0.111. The molecule has 8 heteroatoms. The number of amides is 1. The zero-order chi connectivity index (χ0) is 24.9. The first-order chi connectivity index (χ1) is 16.8. The van der Waals surface area contributed by atoms with Crippen LogP contribution < -0.4 is 9.64 Å². The van der Waals surface area contributed by atoms with E-state index in [-0.39, 0.29) is 22.8 Å². The number of ketones is 1. The maximum absolute atomic E-state index is 13.8. The highest BCUT2D eigenvalue weighted by Gasteiger charge is 2.46. The Labute approximate surface area is 205 Å². The number of rotatable bonds is 5. The number of nitrogens with zero attached hydrogens (tertiary/aromatic N) is 1. The lowest BCUT2D eigenvalue weighted by Gasteiger charge is -2.27. The number of anilines is 1. The van der Waals surface area contributed by atoms with Gasteiger partial charge in [0, 0.05) is 16.5 Å². The number of hydrogen-bond donors (Lipinski definition) is 2. The number of fused-ring (bicyclic) bond motifs is 1. The number of ether oxygens (including phenoxy) is 1. The Bertz CT molecular complexity index is 1540. The van der Waals surface area contributed by atoms with Crippen molar-refractivity contribution in [1.29, 1.82) is 0 Å². The van der Waals surface area contributed by atoms with Crippen molar-refractivity contribution in [2.45, 2.75) is 13.0 Å². The van der Waals surface area contributed by atoms with Gasteiger partial charge in [-0.2, -0.15) is 0 Å². The van der Waals surface area contributed by atoms with Gasteiger partial charge in [-0.15, -0.1) is 0 Å². The minimum absolute atomic E-state index is 0.0910. The number of Topliss-reactive ketones (excluding diaryl/α,β-unsaturated/α-hetero) is 1. The van der Waals surface area contributed by atoms with E-state index in [2.05, 4.69) is 0 Å². The highest BCUT2D eigenvalue weighted by molar-refractivity contribution is 6.31. The lowest BCUT2D eigenvalue weighted by Crippen LogP contribution is -2.31.